The molecule has 1 fully saturated rings. The molecule has 2 unspecified atom stereocenters. The van der Waals surface area contributed by atoms with Crippen LogP contribution in [0.4, 0.5) is 4.39 Å². The van der Waals surface area contributed by atoms with Crippen molar-refractivity contribution in [1.82, 2.24) is 10.2 Å². The van der Waals surface area contributed by atoms with Gasteiger partial charge in [-0.15, -0.1) is 0 Å². The smallest absolute Gasteiger partial charge is 0.131 e. The third-order valence-electron chi connectivity index (χ3n) is 3.78. The monoisotopic (exact) mass is 252 g/mol. The molecule has 18 heavy (non-hydrogen) atoms. The Labute approximate surface area is 108 Å². The molecule has 0 radical (unpaired) electrons. The summed E-state index contributed by atoms with van der Waals surface area (Å²) in [7, 11) is 2.13. The molecule has 100 valence electrons. The average molecular weight is 252 g/mol. The Balaban J connectivity index is 1.93. The van der Waals surface area contributed by atoms with Crippen molar-refractivity contribution in [1.29, 1.82) is 0 Å². The van der Waals surface area contributed by atoms with E-state index in [0.29, 0.717) is 11.6 Å². The number of likely N-dealkylation sites (tertiary alicyclic amines) is 1. The van der Waals surface area contributed by atoms with Gasteiger partial charge in [-0.25, -0.2) is 4.39 Å². The van der Waals surface area contributed by atoms with Gasteiger partial charge in [-0.2, -0.15) is 0 Å². The summed E-state index contributed by atoms with van der Waals surface area (Å²) in [6.07, 6.45) is 2.44. The molecule has 0 amide bonds. The number of likely N-dealkylation sites (N-methyl/N-ethyl adjacent to an activating group) is 1. The number of nitrogens with one attached hydrogen (secondary N) is 1. The van der Waals surface area contributed by atoms with Gasteiger partial charge in [0.2, 0.25) is 0 Å². The molecule has 0 bridgehead atoms. The van der Waals surface area contributed by atoms with Gasteiger partial charge in [-0.1, -0.05) is 6.07 Å². The SMILES string of the molecule is CC(NCC1CCCN1C)c1ccc(O)cc1F. The molecule has 4 heteroatoms. The fourth-order valence-corrected chi connectivity index (χ4v) is 2.53. The molecule has 0 aliphatic carbocycles. The van der Waals surface area contributed by atoms with Gasteiger partial charge in [-0.3, -0.25) is 0 Å². The molecule has 1 aliphatic rings. The molecule has 1 aromatic carbocycles. The van der Waals surface area contributed by atoms with Gasteiger partial charge in [0.15, 0.2) is 0 Å². The number of phenolic OH excluding ortho intramolecular Hbond substituents is 1. The fraction of sp³-hybridized carbons (Fsp3) is 0.571. The van der Waals surface area contributed by atoms with E-state index in [4.69, 9.17) is 0 Å². The Morgan fingerprint density at radius 1 is 1.56 bits per heavy atom. The molecule has 1 heterocycles. The standard InChI is InChI=1S/C14H21FN2O/c1-10(13-6-5-12(18)8-14(13)15)16-9-11-4-3-7-17(11)2/h5-6,8,10-11,16,18H,3-4,7,9H2,1-2H3. The first-order valence-electron chi connectivity index (χ1n) is 6.50. The van der Waals surface area contributed by atoms with Gasteiger partial charge in [0.05, 0.1) is 0 Å². The predicted octanol–water partition coefficient (Wildman–Crippen LogP) is 2.28. The maximum Gasteiger partial charge on any atom is 0.131 e. The molecule has 1 aromatic rings. The normalized spacial score (nSPS) is 22.3. The predicted molar refractivity (Wildman–Crippen MR) is 70.1 cm³/mol. The van der Waals surface area contributed by atoms with Gasteiger partial charge in [-0.05, 0) is 39.4 Å². The summed E-state index contributed by atoms with van der Waals surface area (Å²) in [6.45, 7) is 3.97. The number of hydrogen-bond acceptors (Lipinski definition) is 3. The van der Waals surface area contributed by atoms with Crippen molar-refractivity contribution in [3.63, 3.8) is 0 Å². The summed E-state index contributed by atoms with van der Waals surface area (Å²) in [6, 6.07) is 4.83. The van der Waals surface area contributed by atoms with Crippen LogP contribution in [0.3, 0.4) is 0 Å². The highest BCUT2D eigenvalue weighted by molar-refractivity contribution is 5.29. The number of nitrogens with zero attached hydrogens (tertiary/aromatic N) is 1. The minimum atomic E-state index is -0.352. The first-order valence-corrected chi connectivity index (χ1v) is 6.50. The van der Waals surface area contributed by atoms with Gasteiger partial charge >= 0.3 is 0 Å². The fourth-order valence-electron chi connectivity index (χ4n) is 2.53. The zero-order chi connectivity index (χ0) is 13.1. The van der Waals surface area contributed by atoms with E-state index >= 15 is 0 Å². The maximum atomic E-state index is 13.7. The lowest BCUT2D eigenvalue weighted by Gasteiger charge is -2.23. The van der Waals surface area contributed by atoms with Crippen molar-refractivity contribution in [2.45, 2.75) is 31.8 Å². The Bertz CT molecular complexity index is 411. The third-order valence-corrected chi connectivity index (χ3v) is 3.78. The molecule has 0 spiro atoms. The second-order valence-corrected chi connectivity index (χ2v) is 5.11. The maximum absolute atomic E-state index is 13.7. The molecular weight excluding hydrogens is 231 g/mol. The summed E-state index contributed by atoms with van der Waals surface area (Å²) >= 11 is 0. The zero-order valence-corrected chi connectivity index (χ0v) is 11.0. The highest BCUT2D eigenvalue weighted by atomic mass is 19.1. The van der Waals surface area contributed by atoms with Crippen molar-refractivity contribution in [2.24, 2.45) is 0 Å². The lowest BCUT2D eigenvalue weighted by Crippen LogP contribution is -2.36. The largest absolute Gasteiger partial charge is 0.508 e. The molecule has 0 saturated carbocycles. The summed E-state index contributed by atoms with van der Waals surface area (Å²) < 4.78 is 13.7. The summed E-state index contributed by atoms with van der Waals surface area (Å²) in [5.41, 5.74) is 0.605. The lowest BCUT2D eigenvalue weighted by molar-refractivity contribution is 0.293. The molecular formula is C14H21FN2O. The Hall–Kier alpha value is -1.13. The van der Waals surface area contributed by atoms with E-state index in [1.54, 1.807) is 6.07 Å². The van der Waals surface area contributed by atoms with E-state index in [-0.39, 0.29) is 17.6 Å². The van der Waals surface area contributed by atoms with Gasteiger partial charge in [0.1, 0.15) is 11.6 Å². The quantitative estimate of drug-likeness (QED) is 0.863. The minimum Gasteiger partial charge on any atom is -0.508 e. The number of benzene rings is 1. The van der Waals surface area contributed by atoms with Gasteiger partial charge in [0.25, 0.3) is 0 Å². The molecule has 2 N–H and O–H groups in total. The second-order valence-electron chi connectivity index (χ2n) is 5.11. The molecule has 2 atom stereocenters. The lowest BCUT2D eigenvalue weighted by atomic mass is 10.1. The van der Waals surface area contributed by atoms with E-state index in [9.17, 15) is 9.50 Å². The van der Waals surface area contributed by atoms with Crippen LogP contribution in [0.5, 0.6) is 5.75 Å². The van der Waals surface area contributed by atoms with Crippen LogP contribution in [0, 0.1) is 5.82 Å². The summed E-state index contributed by atoms with van der Waals surface area (Å²) in [5.74, 6) is -0.381. The highest BCUT2D eigenvalue weighted by Crippen LogP contribution is 2.21. The van der Waals surface area contributed by atoms with E-state index in [2.05, 4.69) is 17.3 Å². The Kier molecular flexibility index (Phi) is 4.19. The highest BCUT2D eigenvalue weighted by Gasteiger charge is 2.21. The van der Waals surface area contributed by atoms with Crippen LogP contribution >= 0.6 is 0 Å². The average Bonchev–Trinajstić information content (AvgIpc) is 2.72. The van der Waals surface area contributed by atoms with Crippen molar-refractivity contribution in [3.05, 3.63) is 29.6 Å². The van der Waals surface area contributed by atoms with Crippen LogP contribution < -0.4 is 5.32 Å². The first-order chi connectivity index (χ1) is 8.58. The van der Waals surface area contributed by atoms with E-state index in [0.717, 1.165) is 19.2 Å². The van der Waals surface area contributed by atoms with Crippen LogP contribution in [-0.2, 0) is 0 Å². The van der Waals surface area contributed by atoms with Gasteiger partial charge in [0, 0.05) is 30.3 Å². The first kappa shape index (κ1) is 13.3. The minimum absolute atomic E-state index is 0.0287. The van der Waals surface area contributed by atoms with Crippen molar-refractivity contribution in [2.75, 3.05) is 20.1 Å². The van der Waals surface area contributed by atoms with E-state index < -0.39 is 0 Å². The van der Waals surface area contributed by atoms with Crippen molar-refractivity contribution >= 4 is 0 Å². The molecule has 0 aromatic heterocycles. The van der Waals surface area contributed by atoms with Crippen molar-refractivity contribution in [3.8, 4) is 5.75 Å². The second kappa shape index (κ2) is 5.67. The van der Waals surface area contributed by atoms with Crippen LogP contribution in [0.15, 0.2) is 18.2 Å². The van der Waals surface area contributed by atoms with E-state index in [1.807, 2.05) is 6.92 Å². The number of aromatic hydroxyl groups is 1. The Morgan fingerprint density at radius 2 is 2.33 bits per heavy atom. The number of phenols is 1. The van der Waals surface area contributed by atoms with Crippen molar-refractivity contribution < 1.29 is 9.50 Å². The van der Waals surface area contributed by atoms with Crippen LogP contribution in [0.25, 0.3) is 0 Å². The van der Waals surface area contributed by atoms with E-state index in [1.165, 1.54) is 18.9 Å². The molecule has 3 nitrogen and oxygen atoms in total. The summed E-state index contributed by atoms with van der Waals surface area (Å²) in [4.78, 5) is 2.34. The number of rotatable bonds is 4. The molecule has 1 aliphatic heterocycles. The van der Waals surface area contributed by atoms with Gasteiger partial charge < -0.3 is 15.3 Å². The van der Waals surface area contributed by atoms with Crippen LogP contribution in [0.2, 0.25) is 0 Å². The molecule has 1 saturated heterocycles. The van der Waals surface area contributed by atoms with Crippen LogP contribution in [0.1, 0.15) is 31.4 Å². The third kappa shape index (κ3) is 3.00. The topological polar surface area (TPSA) is 35.5 Å². The summed E-state index contributed by atoms with van der Waals surface area (Å²) in [5, 5.41) is 12.6. The zero-order valence-electron chi connectivity index (χ0n) is 11.0. The van der Waals surface area contributed by atoms with Crippen LogP contribution in [-0.4, -0.2) is 36.2 Å². The Morgan fingerprint density at radius 3 is 2.94 bits per heavy atom. The molecule has 2 rings (SSSR count). The number of hydrogen-bond donors (Lipinski definition) is 2. The number of halogens is 1.